The first-order chi connectivity index (χ1) is 12.6. The summed E-state index contributed by atoms with van der Waals surface area (Å²) >= 11 is 0. The SMILES string of the molecule is CC(=O)Nc1cccnc1NC(=O)c1ccc(Oc2ccccc2)cn1. The van der Waals surface area contributed by atoms with E-state index in [0.717, 1.165) is 0 Å². The van der Waals surface area contributed by atoms with Crippen LogP contribution < -0.4 is 15.4 Å². The van der Waals surface area contributed by atoms with Gasteiger partial charge in [0.15, 0.2) is 5.82 Å². The number of ether oxygens (including phenoxy) is 1. The topological polar surface area (TPSA) is 93.2 Å². The summed E-state index contributed by atoms with van der Waals surface area (Å²) in [6.07, 6.45) is 2.99. The highest BCUT2D eigenvalue weighted by atomic mass is 16.5. The Balaban J connectivity index is 1.70. The second-order valence-electron chi connectivity index (χ2n) is 5.33. The number of carbonyl (C=O) groups is 2. The molecule has 0 aliphatic rings. The third-order valence-electron chi connectivity index (χ3n) is 3.30. The van der Waals surface area contributed by atoms with Crippen LogP contribution >= 0.6 is 0 Å². The van der Waals surface area contributed by atoms with Gasteiger partial charge in [0.1, 0.15) is 17.2 Å². The van der Waals surface area contributed by atoms with E-state index in [1.807, 2.05) is 30.3 Å². The summed E-state index contributed by atoms with van der Waals surface area (Å²) in [5.41, 5.74) is 0.613. The lowest BCUT2D eigenvalue weighted by molar-refractivity contribution is -0.114. The van der Waals surface area contributed by atoms with Crippen molar-refractivity contribution < 1.29 is 14.3 Å². The molecule has 0 atom stereocenters. The number of benzene rings is 1. The average Bonchev–Trinajstić information content (AvgIpc) is 2.64. The van der Waals surface area contributed by atoms with Crippen LogP contribution in [0.2, 0.25) is 0 Å². The highest BCUT2D eigenvalue weighted by Gasteiger charge is 2.12. The Morgan fingerprint density at radius 3 is 2.38 bits per heavy atom. The fraction of sp³-hybridized carbons (Fsp3) is 0.0526. The lowest BCUT2D eigenvalue weighted by atomic mass is 10.3. The first-order valence-electron chi connectivity index (χ1n) is 7.85. The van der Waals surface area contributed by atoms with Gasteiger partial charge in [-0.05, 0) is 36.4 Å². The molecule has 0 spiro atoms. The molecule has 7 heteroatoms. The molecule has 0 bridgehead atoms. The molecule has 2 heterocycles. The lowest BCUT2D eigenvalue weighted by Crippen LogP contribution is -2.17. The van der Waals surface area contributed by atoms with Crippen molar-refractivity contribution in [2.45, 2.75) is 6.92 Å². The van der Waals surface area contributed by atoms with Crippen molar-refractivity contribution in [3.8, 4) is 11.5 Å². The van der Waals surface area contributed by atoms with Crippen molar-refractivity contribution in [1.82, 2.24) is 9.97 Å². The Morgan fingerprint density at radius 1 is 0.885 bits per heavy atom. The quantitative estimate of drug-likeness (QED) is 0.736. The van der Waals surface area contributed by atoms with Crippen LogP contribution in [0, 0.1) is 0 Å². The van der Waals surface area contributed by atoms with Gasteiger partial charge in [-0.25, -0.2) is 9.97 Å². The zero-order valence-electron chi connectivity index (χ0n) is 14.0. The summed E-state index contributed by atoms with van der Waals surface area (Å²) in [5, 5.41) is 5.24. The van der Waals surface area contributed by atoms with Crippen LogP contribution in [0.15, 0.2) is 67.0 Å². The van der Waals surface area contributed by atoms with E-state index in [-0.39, 0.29) is 17.4 Å². The third-order valence-corrected chi connectivity index (χ3v) is 3.30. The molecule has 0 saturated heterocycles. The minimum Gasteiger partial charge on any atom is -0.456 e. The summed E-state index contributed by atoms with van der Waals surface area (Å²) in [4.78, 5) is 31.8. The molecule has 3 aromatic rings. The molecule has 1 aromatic carbocycles. The Bertz CT molecular complexity index is 912. The van der Waals surface area contributed by atoms with Gasteiger partial charge in [0.05, 0.1) is 11.9 Å². The predicted molar refractivity (Wildman–Crippen MR) is 97.2 cm³/mol. The van der Waals surface area contributed by atoms with E-state index in [4.69, 9.17) is 4.74 Å². The van der Waals surface area contributed by atoms with Crippen LogP contribution in [0.1, 0.15) is 17.4 Å². The second kappa shape index (κ2) is 7.89. The van der Waals surface area contributed by atoms with E-state index < -0.39 is 5.91 Å². The average molecular weight is 348 g/mol. The normalized spacial score (nSPS) is 10.0. The Morgan fingerprint density at radius 2 is 1.69 bits per heavy atom. The van der Waals surface area contributed by atoms with Crippen LogP contribution in [-0.2, 0) is 4.79 Å². The summed E-state index contributed by atoms with van der Waals surface area (Å²) in [6.45, 7) is 1.38. The number of carbonyl (C=O) groups excluding carboxylic acids is 2. The van der Waals surface area contributed by atoms with Crippen molar-refractivity contribution >= 4 is 23.3 Å². The van der Waals surface area contributed by atoms with Crippen molar-refractivity contribution in [2.75, 3.05) is 10.6 Å². The van der Waals surface area contributed by atoms with Gasteiger partial charge >= 0.3 is 0 Å². The molecule has 0 fully saturated rings. The monoisotopic (exact) mass is 348 g/mol. The van der Waals surface area contributed by atoms with Gasteiger partial charge in [-0.15, -0.1) is 0 Å². The highest BCUT2D eigenvalue weighted by molar-refractivity contribution is 6.05. The number of para-hydroxylation sites is 1. The summed E-state index contributed by atoms with van der Waals surface area (Å²) in [7, 11) is 0. The molecule has 26 heavy (non-hydrogen) atoms. The molecule has 0 radical (unpaired) electrons. The minimum absolute atomic E-state index is 0.199. The number of nitrogens with one attached hydrogen (secondary N) is 2. The largest absolute Gasteiger partial charge is 0.456 e. The van der Waals surface area contributed by atoms with Gasteiger partial charge in [-0.2, -0.15) is 0 Å². The standard InChI is InChI=1S/C19H16N4O3/c1-13(24)22-16-8-5-11-20-18(16)23-19(25)17-10-9-15(12-21-17)26-14-6-3-2-4-7-14/h2-12H,1H3,(H,22,24)(H,20,23,25). The third kappa shape index (κ3) is 4.41. The first kappa shape index (κ1) is 17.1. The number of nitrogens with zero attached hydrogens (tertiary/aromatic N) is 2. The van der Waals surface area contributed by atoms with Gasteiger partial charge in [-0.1, -0.05) is 18.2 Å². The van der Waals surface area contributed by atoms with E-state index in [1.54, 1.807) is 24.3 Å². The smallest absolute Gasteiger partial charge is 0.275 e. The molecule has 130 valence electrons. The summed E-state index contributed by atoms with van der Waals surface area (Å²) in [5.74, 6) is 0.749. The van der Waals surface area contributed by atoms with Crippen LogP contribution in [0.3, 0.4) is 0 Å². The minimum atomic E-state index is -0.443. The van der Waals surface area contributed by atoms with E-state index in [1.165, 1.54) is 19.3 Å². The van der Waals surface area contributed by atoms with Crippen molar-refractivity contribution in [3.63, 3.8) is 0 Å². The Labute approximate surface area is 150 Å². The zero-order chi connectivity index (χ0) is 18.4. The molecule has 0 saturated carbocycles. The number of hydrogen-bond donors (Lipinski definition) is 2. The molecule has 2 amide bonds. The number of pyridine rings is 2. The molecular formula is C19H16N4O3. The van der Waals surface area contributed by atoms with Gasteiger partial charge in [0.25, 0.3) is 5.91 Å². The van der Waals surface area contributed by atoms with Crippen molar-refractivity contribution in [1.29, 1.82) is 0 Å². The van der Waals surface area contributed by atoms with Crippen LogP contribution in [0.5, 0.6) is 11.5 Å². The Hall–Kier alpha value is -3.74. The Kier molecular flexibility index (Phi) is 5.19. The molecule has 3 rings (SSSR count). The maximum atomic E-state index is 12.4. The van der Waals surface area contributed by atoms with E-state index >= 15 is 0 Å². The first-order valence-corrected chi connectivity index (χ1v) is 7.85. The molecule has 0 unspecified atom stereocenters. The highest BCUT2D eigenvalue weighted by Crippen LogP contribution is 2.21. The van der Waals surface area contributed by atoms with Crippen molar-refractivity contribution in [2.24, 2.45) is 0 Å². The summed E-state index contributed by atoms with van der Waals surface area (Å²) < 4.78 is 5.64. The van der Waals surface area contributed by atoms with Gasteiger partial charge in [0.2, 0.25) is 5.91 Å². The maximum Gasteiger partial charge on any atom is 0.275 e. The number of anilines is 2. The fourth-order valence-electron chi connectivity index (χ4n) is 2.17. The summed E-state index contributed by atoms with van der Waals surface area (Å²) in [6, 6.07) is 15.8. The fourth-order valence-corrected chi connectivity index (χ4v) is 2.17. The molecule has 2 N–H and O–H groups in total. The predicted octanol–water partition coefficient (Wildman–Crippen LogP) is 3.48. The van der Waals surface area contributed by atoms with Crippen LogP contribution in [0.4, 0.5) is 11.5 Å². The second-order valence-corrected chi connectivity index (χ2v) is 5.33. The van der Waals surface area contributed by atoms with Gasteiger partial charge in [0, 0.05) is 13.1 Å². The molecular weight excluding hydrogens is 332 g/mol. The van der Waals surface area contributed by atoms with Crippen molar-refractivity contribution in [3.05, 3.63) is 72.7 Å². The maximum absolute atomic E-state index is 12.4. The lowest BCUT2D eigenvalue weighted by Gasteiger charge is -2.10. The molecule has 0 aliphatic carbocycles. The number of rotatable bonds is 5. The van der Waals surface area contributed by atoms with Gasteiger partial charge < -0.3 is 15.4 Å². The number of aromatic nitrogens is 2. The van der Waals surface area contributed by atoms with E-state index in [2.05, 4.69) is 20.6 Å². The zero-order valence-corrected chi connectivity index (χ0v) is 14.0. The number of amides is 2. The van der Waals surface area contributed by atoms with Crippen LogP contribution in [0.25, 0.3) is 0 Å². The van der Waals surface area contributed by atoms with E-state index in [0.29, 0.717) is 17.2 Å². The number of hydrogen-bond acceptors (Lipinski definition) is 5. The molecule has 0 aliphatic heterocycles. The van der Waals surface area contributed by atoms with Gasteiger partial charge in [-0.3, -0.25) is 9.59 Å². The van der Waals surface area contributed by atoms with E-state index in [9.17, 15) is 9.59 Å². The molecule has 7 nitrogen and oxygen atoms in total. The molecule has 2 aromatic heterocycles. The van der Waals surface area contributed by atoms with Crippen LogP contribution in [-0.4, -0.2) is 21.8 Å².